The standard InChI is InChI=1S/C17H16N4O2/c1-12-16(23-17(22)19-14-7-6-10-18-11-14)13(2)21(20-12)15-8-4-3-5-9-15/h3-11H,1-2H3,(H,19,22). The first-order valence-electron chi connectivity index (χ1n) is 7.15. The Morgan fingerprint density at radius 1 is 1.13 bits per heavy atom. The Morgan fingerprint density at radius 3 is 2.61 bits per heavy atom. The van der Waals surface area contributed by atoms with Crippen LogP contribution in [-0.4, -0.2) is 20.9 Å². The van der Waals surface area contributed by atoms with Gasteiger partial charge < -0.3 is 4.74 Å². The smallest absolute Gasteiger partial charge is 0.406 e. The van der Waals surface area contributed by atoms with Crippen molar-refractivity contribution in [3.8, 4) is 11.4 Å². The number of para-hydroxylation sites is 1. The Morgan fingerprint density at radius 2 is 1.91 bits per heavy atom. The SMILES string of the molecule is Cc1nn(-c2ccccc2)c(C)c1OC(=O)Nc1cccnc1. The number of benzene rings is 1. The minimum Gasteiger partial charge on any atom is -0.406 e. The van der Waals surface area contributed by atoms with E-state index in [0.717, 1.165) is 11.4 Å². The van der Waals surface area contributed by atoms with E-state index in [2.05, 4.69) is 15.4 Å². The van der Waals surface area contributed by atoms with E-state index in [1.54, 1.807) is 36.1 Å². The zero-order valence-corrected chi connectivity index (χ0v) is 12.9. The Labute approximate surface area is 133 Å². The number of hydrogen-bond donors (Lipinski definition) is 1. The fraction of sp³-hybridized carbons (Fsp3) is 0.118. The summed E-state index contributed by atoms with van der Waals surface area (Å²) in [4.78, 5) is 16.0. The summed E-state index contributed by atoms with van der Waals surface area (Å²) in [5.41, 5.74) is 2.89. The summed E-state index contributed by atoms with van der Waals surface area (Å²) in [5.74, 6) is 0.454. The number of carbonyl (C=O) groups is 1. The molecule has 6 heteroatoms. The molecule has 0 atom stereocenters. The maximum Gasteiger partial charge on any atom is 0.417 e. The van der Waals surface area contributed by atoms with Crippen molar-refractivity contribution in [1.82, 2.24) is 14.8 Å². The van der Waals surface area contributed by atoms with Gasteiger partial charge in [0, 0.05) is 6.20 Å². The molecule has 2 aromatic heterocycles. The van der Waals surface area contributed by atoms with Crippen LogP contribution in [0.5, 0.6) is 5.75 Å². The number of anilines is 1. The van der Waals surface area contributed by atoms with Crippen LogP contribution in [-0.2, 0) is 0 Å². The predicted octanol–water partition coefficient (Wildman–Crippen LogP) is 3.50. The highest BCUT2D eigenvalue weighted by Crippen LogP contribution is 2.25. The molecule has 23 heavy (non-hydrogen) atoms. The van der Waals surface area contributed by atoms with Crippen LogP contribution in [0.3, 0.4) is 0 Å². The highest BCUT2D eigenvalue weighted by atomic mass is 16.6. The molecule has 1 aromatic carbocycles. The summed E-state index contributed by atoms with van der Waals surface area (Å²) >= 11 is 0. The average molecular weight is 308 g/mol. The maximum atomic E-state index is 12.0. The molecule has 116 valence electrons. The lowest BCUT2D eigenvalue weighted by Crippen LogP contribution is -2.17. The third-order valence-electron chi connectivity index (χ3n) is 3.33. The molecule has 3 rings (SSSR count). The molecule has 0 aliphatic carbocycles. The zero-order chi connectivity index (χ0) is 16.2. The van der Waals surface area contributed by atoms with Crippen molar-refractivity contribution >= 4 is 11.8 Å². The van der Waals surface area contributed by atoms with Crippen molar-refractivity contribution in [2.45, 2.75) is 13.8 Å². The fourth-order valence-electron chi connectivity index (χ4n) is 2.27. The summed E-state index contributed by atoms with van der Waals surface area (Å²) in [6.07, 6.45) is 2.61. The van der Waals surface area contributed by atoms with Crippen LogP contribution in [0.4, 0.5) is 10.5 Å². The van der Waals surface area contributed by atoms with Crippen LogP contribution in [0, 0.1) is 13.8 Å². The first-order valence-corrected chi connectivity index (χ1v) is 7.15. The maximum absolute atomic E-state index is 12.0. The minimum absolute atomic E-state index is 0.454. The van der Waals surface area contributed by atoms with Gasteiger partial charge in [0.25, 0.3) is 0 Å². The number of rotatable bonds is 3. The van der Waals surface area contributed by atoms with Gasteiger partial charge in [-0.15, -0.1) is 0 Å². The van der Waals surface area contributed by atoms with E-state index in [9.17, 15) is 4.79 Å². The number of nitrogens with zero attached hydrogens (tertiary/aromatic N) is 3. The van der Waals surface area contributed by atoms with Gasteiger partial charge in [-0.25, -0.2) is 9.48 Å². The molecule has 0 bridgehead atoms. The molecule has 0 radical (unpaired) electrons. The Hall–Kier alpha value is -3.15. The van der Waals surface area contributed by atoms with Crippen LogP contribution in [0.15, 0.2) is 54.9 Å². The van der Waals surface area contributed by atoms with E-state index in [0.29, 0.717) is 17.1 Å². The fourth-order valence-corrected chi connectivity index (χ4v) is 2.27. The molecule has 0 aliphatic rings. The van der Waals surface area contributed by atoms with Gasteiger partial charge in [-0.2, -0.15) is 5.10 Å². The number of amides is 1. The average Bonchev–Trinajstić information content (AvgIpc) is 2.85. The third-order valence-corrected chi connectivity index (χ3v) is 3.33. The van der Waals surface area contributed by atoms with E-state index in [4.69, 9.17) is 4.74 Å². The van der Waals surface area contributed by atoms with Gasteiger partial charge in [0.2, 0.25) is 0 Å². The lowest BCUT2D eigenvalue weighted by atomic mass is 10.3. The Bertz CT molecular complexity index is 813. The second-order valence-electron chi connectivity index (χ2n) is 5.00. The van der Waals surface area contributed by atoms with Crippen LogP contribution >= 0.6 is 0 Å². The van der Waals surface area contributed by atoms with Crippen molar-refractivity contribution in [1.29, 1.82) is 0 Å². The minimum atomic E-state index is -0.572. The van der Waals surface area contributed by atoms with Gasteiger partial charge in [0.1, 0.15) is 5.69 Å². The number of nitrogens with one attached hydrogen (secondary N) is 1. The second-order valence-corrected chi connectivity index (χ2v) is 5.00. The number of aromatic nitrogens is 3. The topological polar surface area (TPSA) is 69.0 Å². The molecule has 3 aromatic rings. The number of carbonyl (C=O) groups excluding carboxylic acids is 1. The zero-order valence-electron chi connectivity index (χ0n) is 12.9. The molecule has 0 saturated carbocycles. The largest absolute Gasteiger partial charge is 0.417 e. The molecule has 2 heterocycles. The number of ether oxygens (including phenoxy) is 1. The van der Waals surface area contributed by atoms with Crippen LogP contribution in [0.2, 0.25) is 0 Å². The first-order chi connectivity index (χ1) is 11.1. The van der Waals surface area contributed by atoms with Crippen molar-refractivity contribution in [3.05, 3.63) is 66.2 Å². The van der Waals surface area contributed by atoms with E-state index >= 15 is 0 Å². The molecular formula is C17H16N4O2. The Balaban J connectivity index is 1.81. The summed E-state index contributed by atoms with van der Waals surface area (Å²) < 4.78 is 7.17. The summed E-state index contributed by atoms with van der Waals surface area (Å²) in [6.45, 7) is 3.67. The molecule has 0 saturated heterocycles. The third kappa shape index (κ3) is 3.21. The van der Waals surface area contributed by atoms with Gasteiger partial charge >= 0.3 is 6.09 Å². The van der Waals surface area contributed by atoms with Gasteiger partial charge in [-0.1, -0.05) is 18.2 Å². The second kappa shape index (κ2) is 6.31. The van der Waals surface area contributed by atoms with E-state index in [-0.39, 0.29) is 0 Å². The first kappa shape index (κ1) is 14.8. The van der Waals surface area contributed by atoms with E-state index in [1.165, 1.54) is 0 Å². The van der Waals surface area contributed by atoms with Crippen molar-refractivity contribution in [3.63, 3.8) is 0 Å². The molecule has 0 fully saturated rings. The van der Waals surface area contributed by atoms with E-state index in [1.807, 2.05) is 37.3 Å². The summed E-state index contributed by atoms with van der Waals surface area (Å²) in [6, 6.07) is 13.2. The molecule has 6 nitrogen and oxygen atoms in total. The van der Waals surface area contributed by atoms with Crippen molar-refractivity contribution in [2.75, 3.05) is 5.32 Å². The number of pyridine rings is 1. The monoisotopic (exact) mass is 308 g/mol. The lowest BCUT2D eigenvalue weighted by Gasteiger charge is -2.07. The molecule has 1 amide bonds. The van der Waals surface area contributed by atoms with Crippen molar-refractivity contribution < 1.29 is 9.53 Å². The molecule has 1 N–H and O–H groups in total. The van der Waals surface area contributed by atoms with Crippen LogP contribution in [0.1, 0.15) is 11.4 Å². The van der Waals surface area contributed by atoms with Crippen LogP contribution < -0.4 is 10.1 Å². The van der Waals surface area contributed by atoms with Gasteiger partial charge in [-0.05, 0) is 38.1 Å². The summed E-state index contributed by atoms with van der Waals surface area (Å²) in [7, 11) is 0. The predicted molar refractivity (Wildman–Crippen MR) is 86.9 cm³/mol. The number of aryl methyl sites for hydroxylation is 1. The highest BCUT2D eigenvalue weighted by molar-refractivity contribution is 5.86. The highest BCUT2D eigenvalue weighted by Gasteiger charge is 2.17. The normalized spacial score (nSPS) is 10.3. The molecule has 0 unspecified atom stereocenters. The van der Waals surface area contributed by atoms with Gasteiger partial charge in [0.05, 0.1) is 23.3 Å². The summed E-state index contributed by atoms with van der Waals surface area (Å²) in [5, 5.41) is 7.07. The molecular weight excluding hydrogens is 292 g/mol. The molecule has 0 spiro atoms. The van der Waals surface area contributed by atoms with Gasteiger partial charge in [0.15, 0.2) is 5.75 Å². The number of hydrogen-bond acceptors (Lipinski definition) is 4. The van der Waals surface area contributed by atoms with Crippen LogP contribution in [0.25, 0.3) is 5.69 Å². The van der Waals surface area contributed by atoms with E-state index < -0.39 is 6.09 Å². The molecule has 0 aliphatic heterocycles. The van der Waals surface area contributed by atoms with Crippen molar-refractivity contribution in [2.24, 2.45) is 0 Å². The Kier molecular flexibility index (Phi) is 4.05. The van der Waals surface area contributed by atoms with Gasteiger partial charge in [-0.3, -0.25) is 10.3 Å². The quantitative estimate of drug-likeness (QED) is 0.804. The lowest BCUT2D eigenvalue weighted by molar-refractivity contribution is 0.214.